The van der Waals surface area contributed by atoms with Gasteiger partial charge >= 0.3 is 0 Å². The van der Waals surface area contributed by atoms with Crippen LogP contribution in [0, 0.1) is 0 Å². The molecule has 0 unspecified atom stereocenters. The molecule has 2 rings (SSSR count). The van der Waals surface area contributed by atoms with Gasteiger partial charge in [-0.15, -0.1) is 0 Å². The summed E-state index contributed by atoms with van der Waals surface area (Å²) in [5.41, 5.74) is 1.53. The van der Waals surface area contributed by atoms with Crippen molar-refractivity contribution in [3.63, 3.8) is 0 Å². The second-order valence-corrected chi connectivity index (χ2v) is 7.13. The van der Waals surface area contributed by atoms with Crippen LogP contribution in [-0.2, 0) is 19.6 Å². The van der Waals surface area contributed by atoms with E-state index in [-0.39, 0.29) is 23.1 Å². The predicted molar refractivity (Wildman–Crippen MR) is 97.2 cm³/mol. The maximum Gasteiger partial charge on any atom is 0.261 e. The Hall–Kier alpha value is -2.87. The van der Waals surface area contributed by atoms with Gasteiger partial charge in [0, 0.05) is 18.3 Å². The van der Waals surface area contributed by atoms with E-state index < -0.39 is 10.0 Å². The first-order valence-electron chi connectivity index (χ1n) is 7.50. The monoisotopic (exact) mass is 361 g/mol. The fourth-order valence-electron chi connectivity index (χ4n) is 2.05. The quantitative estimate of drug-likeness (QED) is 0.703. The van der Waals surface area contributed by atoms with E-state index in [2.05, 4.69) is 15.4 Å². The van der Waals surface area contributed by atoms with Gasteiger partial charge in [0.2, 0.25) is 5.91 Å². The zero-order chi connectivity index (χ0) is 18.4. The molecule has 2 aromatic carbocycles. The second kappa shape index (κ2) is 7.80. The van der Waals surface area contributed by atoms with Crippen molar-refractivity contribution in [1.29, 1.82) is 0 Å². The van der Waals surface area contributed by atoms with Crippen LogP contribution in [0.3, 0.4) is 0 Å². The summed E-state index contributed by atoms with van der Waals surface area (Å²) in [5.74, 6) is -0.256. The summed E-state index contributed by atoms with van der Waals surface area (Å²) in [5, 5.41) is 5.48. The van der Waals surface area contributed by atoms with E-state index in [0.717, 1.165) is 0 Å². The minimum atomic E-state index is -3.76. The number of amides is 1. The van der Waals surface area contributed by atoms with Crippen LogP contribution in [0.15, 0.2) is 53.4 Å². The third-order valence-corrected chi connectivity index (χ3v) is 4.54. The molecular weight excluding hydrogens is 342 g/mol. The molecule has 0 saturated heterocycles. The molecule has 2 aromatic rings. The molecule has 0 heterocycles. The highest BCUT2D eigenvalue weighted by Gasteiger charge is 2.14. The molecule has 0 saturated carbocycles. The fourth-order valence-corrected chi connectivity index (χ4v) is 3.10. The molecule has 0 aromatic heterocycles. The lowest BCUT2D eigenvalue weighted by atomic mass is 10.3. The number of ketones is 1. The van der Waals surface area contributed by atoms with Crippen molar-refractivity contribution in [2.75, 3.05) is 21.9 Å². The number of benzene rings is 2. The van der Waals surface area contributed by atoms with Crippen LogP contribution in [0.5, 0.6) is 0 Å². The van der Waals surface area contributed by atoms with Crippen molar-refractivity contribution in [3.05, 3.63) is 48.5 Å². The minimum absolute atomic E-state index is 0.0229. The maximum absolute atomic E-state index is 12.4. The van der Waals surface area contributed by atoms with E-state index >= 15 is 0 Å². The van der Waals surface area contributed by atoms with Crippen LogP contribution in [-0.4, -0.2) is 26.7 Å². The van der Waals surface area contributed by atoms with Gasteiger partial charge < -0.3 is 10.6 Å². The first-order chi connectivity index (χ1) is 11.8. The van der Waals surface area contributed by atoms with Crippen LogP contribution in [0.2, 0.25) is 0 Å². The lowest BCUT2D eigenvalue weighted by Gasteiger charge is -2.11. The molecule has 1 amide bonds. The second-order valence-electron chi connectivity index (χ2n) is 5.45. The van der Waals surface area contributed by atoms with Crippen molar-refractivity contribution in [3.8, 4) is 0 Å². The smallest absolute Gasteiger partial charge is 0.261 e. The van der Waals surface area contributed by atoms with Crippen LogP contribution in [0.4, 0.5) is 17.1 Å². The highest BCUT2D eigenvalue weighted by molar-refractivity contribution is 7.92. The Morgan fingerprint density at radius 1 is 0.920 bits per heavy atom. The minimum Gasteiger partial charge on any atom is -0.378 e. The van der Waals surface area contributed by atoms with Crippen molar-refractivity contribution in [1.82, 2.24) is 0 Å². The molecule has 132 valence electrons. The van der Waals surface area contributed by atoms with Crippen molar-refractivity contribution in [2.24, 2.45) is 0 Å². The van der Waals surface area contributed by atoms with E-state index in [9.17, 15) is 18.0 Å². The topological polar surface area (TPSA) is 104 Å². The summed E-state index contributed by atoms with van der Waals surface area (Å²) in [6.45, 7) is 3.00. The number of hydrogen-bond donors (Lipinski definition) is 3. The number of nitrogens with one attached hydrogen (secondary N) is 3. The van der Waals surface area contributed by atoms with Crippen molar-refractivity contribution < 1.29 is 18.0 Å². The average Bonchev–Trinajstić information content (AvgIpc) is 2.53. The van der Waals surface area contributed by atoms with Gasteiger partial charge in [-0.05, 0) is 49.4 Å². The molecule has 25 heavy (non-hydrogen) atoms. The SMILES string of the molecule is CC(=O)CNc1cccc(NS(=O)(=O)c2ccc(NC(C)=O)cc2)c1. The Morgan fingerprint density at radius 2 is 1.56 bits per heavy atom. The molecule has 0 atom stereocenters. The van der Waals surface area contributed by atoms with Crippen LogP contribution >= 0.6 is 0 Å². The molecule has 0 aliphatic rings. The van der Waals surface area contributed by atoms with Gasteiger partial charge in [0.1, 0.15) is 5.78 Å². The van der Waals surface area contributed by atoms with Crippen LogP contribution < -0.4 is 15.4 Å². The largest absolute Gasteiger partial charge is 0.378 e. The maximum atomic E-state index is 12.4. The van der Waals surface area contributed by atoms with Crippen molar-refractivity contribution >= 4 is 38.8 Å². The molecule has 7 nitrogen and oxygen atoms in total. The van der Waals surface area contributed by atoms with Gasteiger partial charge in [-0.3, -0.25) is 14.3 Å². The highest BCUT2D eigenvalue weighted by Crippen LogP contribution is 2.20. The first-order valence-corrected chi connectivity index (χ1v) is 8.98. The molecule has 0 bridgehead atoms. The van der Waals surface area contributed by atoms with Gasteiger partial charge in [0.25, 0.3) is 10.0 Å². The van der Waals surface area contributed by atoms with E-state index in [1.165, 1.54) is 38.1 Å². The zero-order valence-corrected chi connectivity index (χ0v) is 14.7. The van der Waals surface area contributed by atoms with Gasteiger partial charge in [0.15, 0.2) is 0 Å². The van der Waals surface area contributed by atoms with Gasteiger partial charge in [-0.25, -0.2) is 8.42 Å². The summed E-state index contributed by atoms with van der Waals surface area (Å²) in [4.78, 5) is 22.1. The summed E-state index contributed by atoms with van der Waals surface area (Å²) in [6.07, 6.45) is 0. The highest BCUT2D eigenvalue weighted by atomic mass is 32.2. The summed E-state index contributed by atoms with van der Waals surface area (Å²) in [7, 11) is -3.76. The molecule has 3 N–H and O–H groups in total. The lowest BCUT2D eigenvalue weighted by molar-refractivity contribution is -0.115. The van der Waals surface area contributed by atoms with Gasteiger partial charge in [-0.2, -0.15) is 0 Å². The Bertz CT molecular complexity index is 877. The number of sulfonamides is 1. The number of rotatable bonds is 7. The fraction of sp³-hybridized carbons (Fsp3) is 0.176. The third kappa shape index (κ3) is 5.61. The average molecular weight is 361 g/mol. The number of Topliss-reactive ketones (excluding diaryl/α,β-unsaturated/α-hetero) is 1. The standard InChI is InChI=1S/C17H19N3O4S/c1-12(21)11-18-15-4-3-5-16(10-15)20-25(23,24)17-8-6-14(7-9-17)19-13(2)22/h3-10,18,20H,11H2,1-2H3,(H,19,22). The number of hydrogen-bond acceptors (Lipinski definition) is 5. The normalized spacial score (nSPS) is 10.8. The van der Waals surface area contributed by atoms with Gasteiger partial charge in [0.05, 0.1) is 17.1 Å². The number of anilines is 3. The van der Waals surface area contributed by atoms with E-state index in [1.807, 2.05) is 0 Å². The number of carbonyl (C=O) groups excluding carboxylic acids is 2. The van der Waals surface area contributed by atoms with Crippen LogP contribution in [0.25, 0.3) is 0 Å². The summed E-state index contributed by atoms with van der Waals surface area (Å²) < 4.78 is 27.4. The third-order valence-electron chi connectivity index (χ3n) is 3.14. The Balaban J connectivity index is 2.14. The first kappa shape index (κ1) is 18.5. The van der Waals surface area contributed by atoms with Crippen molar-refractivity contribution in [2.45, 2.75) is 18.7 Å². The number of carbonyl (C=O) groups is 2. The lowest BCUT2D eigenvalue weighted by Crippen LogP contribution is -2.14. The zero-order valence-electron chi connectivity index (χ0n) is 13.9. The van der Waals surface area contributed by atoms with E-state index in [1.54, 1.807) is 24.3 Å². The molecule has 8 heteroatoms. The van der Waals surface area contributed by atoms with Gasteiger partial charge in [-0.1, -0.05) is 6.07 Å². The van der Waals surface area contributed by atoms with E-state index in [4.69, 9.17) is 0 Å². The Labute approximate surface area is 146 Å². The Morgan fingerprint density at radius 3 is 2.16 bits per heavy atom. The predicted octanol–water partition coefficient (Wildman–Crippen LogP) is 2.45. The summed E-state index contributed by atoms with van der Waals surface area (Å²) >= 11 is 0. The van der Waals surface area contributed by atoms with E-state index in [0.29, 0.717) is 17.1 Å². The van der Waals surface area contributed by atoms with Crippen LogP contribution in [0.1, 0.15) is 13.8 Å². The molecule has 0 aliphatic carbocycles. The molecule has 0 spiro atoms. The molecule has 0 fully saturated rings. The molecular formula is C17H19N3O4S. The molecule has 0 radical (unpaired) electrons. The summed E-state index contributed by atoms with van der Waals surface area (Å²) in [6, 6.07) is 12.5. The Kier molecular flexibility index (Phi) is 5.76. The molecule has 0 aliphatic heterocycles.